The summed E-state index contributed by atoms with van der Waals surface area (Å²) in [6, 6.07) is 11.1. The summed E-state index contributed by atoms with van der Waals surface area (Å²) in [4.78, 5) is 7.16. The molecule has 1 aromatic carbocycles. The quantitative estimate of drug-likeness (QED) is 0.652. The van der Waals surface area contributed by atoms with E-state index in [9.17, 15) is 0 Å². The van der Waals surface area contributed by atoms with Crippen molar-refractivity contribution in [2.45, 2.75) is 45.2 Å². The lowest BCUT2D eigenvalue weighted by molar-refractivity contribution is 0.202. The molecule has 3 nitrogen and oxygen atoms in total. The molecule has 0 bridgehead atoms. The fraction of sp³-hybridized carbons (Fsp3) is 0.562. The van der Waals surface area contributed by atoms with Crippen LogP contribution in [0.4, 0.5) is 0 Å². The van der Waals surface area contributed by atoms with Crippen molar-refractivity contribution >= 4 is 5.84 Å². The Kier molecular flexibility index (Phi) is 5.40. The summed E-state index contributed by atoms with van der Waals surface area (Å²) in [5.74, 6) is 0.828. The van der Waals surface area contributed by atoms with Gasteiger partial charge in [-0.15, -0.1) is 0 Å². The number of benzene rings is 1. The van der Waals surface area contributed by atoms with E-state index in [1.54, 1.807) is 0 Å². The van der Waals surface area contributed by atoms with Crippen molar-refractivity contribution < 1.29 is 0 Å². The van der Waals surface area contributed by atoms with Gasteiger partial charge in [0.2, 0.25) is 0 Å². The van der Waals surface area contributed by atoms with Gasteiger partial charge in [0.05, 0.1) is 11.9 Å². The monoisotopic (exact) mass is 259 g/mol. The molecule has 2 rings (SSSR count). The van der Waals surface area contributed by atoms with Crippen molar-refractivity contribution in [1.82, 2.24) is 4.90 Å². The maximum Gasteiger partial charge on any atom is 0.0940 e. The van der Waals surface area contributed by atoms with Crippen molar-refractivity contribution in [3.05, 3.63) is 35.9 Å². The number of hydrogen-bond donors (Lipinski definition) is 1. The third kappa shape index (κ3) is 4.67. The summed E-state index contributed by atoms with van der Waals surface area (Å²) in [5.41, 5.74) is 7.33. The average Bonchev–Trinajstić information content (AvgIpc) is 2.40. The topological polar surface area (TPSA) is 41.6 Å². The molecular weight excluding hydrogens is 234 g/mol. The highest BCUT2D eigenvalue weighted by Gasteiger charge is 2.19. The van der Waals surface area contributed by atoms with Crippen molar-refractivity contribution in [3.63, 3.8) is 0 Å². The van der Waals surface area contributed by atoms with Crippen LogP contribution in [0.25, 0.3) is 0 Å². The molecule has 0 radical (unpaired) electrons. The van der Waals surface area contributed by atoms with E-state index in [-0.39, 0.29) is 0 Å². The largest absolute Gasteiger partial charge is 0.387 e. The molecule has 2 N–H and O–H groups in total. The van der Waals surface area contributed by atoms with Gasteiger partial charge in [-0.3, -0.25) is 9.89 Å². The molecule has 1 atom stereocenters. The predicted octanol–water partition coefficient (Wildman–Crippen LogP) is 2.81. The Bertz CT molecular complexity index is 400. The third-order valence-electron chi connectivity index (χ3n) is 3.58. The SMILES string of the molecule is CCCC(N)=NC1CCCN(Cc2ccccc2)C1. The van der Waals surface area contributed by atoms with Crippen LogP contribution < -0.4 is 5.73 Å². The van der Waals surface area contributed by atoms with Gasteiger partial charge in [-0.05, 0) is 31.4 Å². The second-order valence-corrected chi connectivity index (χ2v) is 5.39. The molecule has 0 aromatic heterocycles. The maximum atomic E-state index is 5.94. The molecule has 1 aliphatic rings. The highest BCUT2D eigenvalue weighted by atomic mass is 15.2. The Morgan fingerprint density at radius 2 is 2.16 bits per heavy atom. The Morgan fingerprint density at radius 3 is 2.89 bits per heavy atom. The van der Waals surface area contributed by atoms with Crippen LogP contribution in [0.5, 0.6) is 0 Å². The lowest BCUT2D eigenvalue weighted by Crippen LogP contribution is -2.37. The smallest absolute Gasteiger partial charge is 0.0940 e. The van der Waals surface area contributed by atoms with E-state index in [0.29, 0.717) is 6.04 Å². The van der Waals surface area contributed by atoms with E-state index >= 15 is 0 Å². The van der Waals surface area contributed by atoms with Gasteiger partial charge < -0.3 is 5.73 Å². The predicted molar refractivity (Wildman–Crippen MR) is 81.3 cm³/mol. The molecule has 1 unspecified atom stereocenters. The van der Waals surface area contributed by atoms with Gasteiger partial charge in [-0.2, -0.15) is 0 Å². The molecule has 0 amide bonds. The molecule has 0 saturated carbocycles. The van der Waals surface area contributed by atoms with Crippen molar-refractivity contribution in [2.75, 3.05) is 13.1 Å². The second kappa shape index (κ2) is 7.29. The zero-order valence-corrected chi connectivity index (χ0v) is 11.9. The highest BCUT2D eigenvalue weighted by Crippen LogP contribution is 2.16. The first-order chi connectivity index (χ1) is 9.28. The Hall–Kier alpha value is -1.35. The van der Waals surface area contributed by atoms with Crippen LogP contribution in [0.15, 0.2) is 35.3 Å². The van der Waals surface area contributed by atoms with Gasteiger partial charge in [0.25, 0.3) is 0 Å². The molecule has 1 saturated heterocycles. The normalized spacial score (nSPS) is 21.5. The number of nitrogens with zero attached hydrogens (tertiary/aromatic N) is 2. The summed E-state index contributed by atoms with van der Waals surface area (Å²) in [7, 11) is 0. The Labute approximate surface area is 116 Å². The van der Waals surface area contributed by atoms with Crippen LogP contribution in [0.2, 0.25) is 0 Å². The van der Waals surface area contributed by atoms with Crippen molar-refractivity contribution in [1.29, 1.82) is 0 Å². The first-order valence-electron chi connectivity index (χ1n) is 7.36. The van der Waals surface area contributed by atoms with E-state index in [1.807, 2.05) is 0 Å². The molecule has 0 spiro atoms. The van der Waals surface area contributed by atoms with E-state index in [0.717, 1.165) is 31.8 Å². The number of hydrogen-bond acceptors (Lipinski definition) is 2. The minimum atomic E-state index is 0.393. The van der Waals surface area contributed by atoms with Gasteiger partial charge in [0.15, 0.2) is 0 Å². The molecule has 0 aliphatic carbocycles. The van der Waals surface area contributed by atoms with Crippen LogP contribution >= 0.6 is 0 Å². The molecule has 1 fully saturated rings. The second-order valence-electron chi connectivity index (χ2n) is 5.39. The lowest BCUT2D eigenvalue weighted by atomic mass is 10.1. The zero-order chi connectivity index (χ0) is 13.5. The minimum Gasteiger partial charge on any atom is -0.387 e. The first kappa shape index (κ1) is 14.1. The molecule has 1 heterocycles. The number of piperidine rings is 1. The molecule has 1 aromatic rings. The summed E-state index contributed by atoms with van der Waals surface area (Å²) in [5, 5.41) is 0. The summed E-state index contributed by atoms with van der Waals surface area (Å²) in [6.45, 7) is 5.39. The van der Waals surface area contributed by atoms with E-state index in [2.05, 4.69) is 47.1 Å². The van der Waals surface area contributed by atoms with Gasteiger partial charge in [0.1, 0.15) is 0 Å². The van der Waals surface area contributed by atoms with Crippen LogP contribution in [-0.4, -0.2) is 29.9 Å². The van der Waals surface area contributed by atoms with E-state index in [4.69, 9.17) is 5.73 Å². The van der Waals surface area contributed by atoms with Gasteiger partial charge >= 0.3 is 0 Å². The van der Waals surface area contributed by atoms with Gasteiger partial charge in [-0.1, -0.05) is 37.3 Å². The third-order valence-corrected chi connectivity index (χ3v) is 3.58. The van der Waals surface area contributed by atoms with E-state index in [1.165, 1.54) is 24.9 Å². The summed E-state index contributed by atoms with van der Waals surface area (Å²) >= 11 is 0. The number of likely N-dealkylation sites (tertiary alicyclic amines) is 1. The molecule has 1 aliphatic heterocycles. The number of rotatable bonds is 5. The van der Waals surface area contributed by atoms with Crippen molar-refractivity contribution in [3.8, 4) is 0 Å². The molecular formula is C16H25N3. The molecule has 3 heteroatoms. The number of amidine groups is 1. The number of nitrogens with two attached hydrogens (primary N) is 1. The van der Waals surface area contributed by atoms with Crippen LogP contribution in [0.1, 0.15) is 38.2 Å². The maximum absolute atomic E-state index is 5.94. The highest BCUT2D eigenvalue weighted by molar-refractivity contribution is 5.80. The summed E-state index contributed by atoms with van der Waals surface area (Å²) in [6.07, 6.45) is 4.40. The van der Waals surface area contributed by atoms with Gasteiger partial charge in [-0.25, -0.2) is 0 Å². The fourth-order valence-corrected chi connectivity index (χ4v) is 2.68. The summed E-state index contributed by atoms with van der Waals surface area (Å²) < 4.78 is 0. The van der Waals surface area contributed by atoms with E-state index < -0.39 is 0 Å². The Morgan fingerprint density at radius 1 is 1.37 bits per heavy atom. The fourth-order valence-electron chi connectivity index (χ4n) is 2.68. The lowest BCUT2D eigenvalue weighted by Gasteiger charge is -2.31. The van der Waals surface area contributed by atoms with Crippen LogP contribution in [-0.2, 0) is 6.54 Å². The van der Waals surface area contributed by atoms with Gasteiger partial charge in [0, 0.05) is 19.5 Å². The average molecular weight is 259 g/mol. The number of aliphatic imine (C=N–C) groups is 1. The standard InChI is InChI=1S/C16H25N3/c1-2-7-16(17)18-15-10-6-11-19(13-15)12-14-8-4-3-5-9-14/h3-5,8-9,15H,2,6-7,10-13H2,1H3,(H2,17,18). The first-order valence-corrected chi connectivity index (χ1v) is 7.36. The van der Waals surface area contributed by atoms with Crippen LogP contribution in [0.3, 0.4) is 0 Å². The van der Waals surface area contributed by atoms with Crippen LogP contribution in [0, 0.1) is 0 Å². The minimum absolute atomic E-state index is 0.393. The molecule has 19 heavy (non-hydrogen) atoms. The molecule has 104 valence electrons. The Balaban J connectivity index is 1.88. The zero-order valence-electron chi connectivity index (χ0n) is 11.9. The van der Waals surface area contributed by atoms with Crippen molar-refractivity contribution in [2.24, 2.45) is 10.7 Å².